The summed E-state index contributed by atoms with van der Waals surface area (Å²) in [5.74, 6) is -0.126. The van der Waals surface area contributed by atoms with Crippen LogP contribution in [0.5, 0.6) is 0 Å². The Morgan fingerprint density at radius 3 is 2.88 bits per heavy atom. The van der Waals surface area contributed by atoms with Crippen molar-refractivity contribution >= 4 is 28.8 Å². The van der Waals surface area contributed by atoms with Gasteiger partial charge in [-0.2, -0.15) is 0 Å². The number of hydrogen-bond donors (Lipinski definition) is 1. The van der Waals surface area contributed by atoms with E-state index in [4.69, 9.17) is 0 Å². The normalized spacial score (nSPS) is 28.1. The van der Waals surface area contributed by atoms with Crippen molar-refractivity contribution in [2.75, 3.05) is 6.61 Å². The van der Waals surface area contributed by atoms with Crippen molar-refractivity contribution in [3.63, 3.8) is 0 Å². The summed E-state index contributed by atoms with van der Waals surface area (Å²) >= 11 is 1.95. The monoisotopic (exact) mass is 227 g/mol. The van der Waals surface area contributed by atoms with Crippen LogP contribution in [0.25, 0.3) is 0 Å². The fraction of sp³-hybridized carbons (Fsp3) is 0.750. The highest BCUT2D eigenvalue weighted by Gasteiger charge is 2.24. The Morgan fingerprint density at radius 1 is 1.88 bits per heavy atom. The number of carbonyl (C=O) groups is 1. The van der Waals surface area contributed by atoms with Crippen LogP contribution in [0, 0.1) is 0 Å². The van der Waals surface area contributed by atoms with Gasteiger partial charge in [-0.05, 0) is 0 Å². The molecule has 0 aromatic carbocycles. The quantitative estimate of drug-likeness (QED) is 0.396. The number of halogens is 1. The standard InChI is InChI=1S/C4H6INO2/c5-6-3-1-2-8-4(3)7/h3,6H,1-2H2/t3-/m0/s1. The summed E-state index contributed by atoms with van der Waals surface area (Å²) in [6.45, 7) is 0.569. The van der Waals surface area contributed by atoms with E-state index in [1.165, 1.54) is 0 Å². The molecule has 0 bridgehead atoms. The van der Waals surface area contributed by atoms with Gasteiger partial charge < -0.3 is 4.74 Å². The molecule has 3 nitrogen and oxygen atoms in total. The van der Waals surface area contributed by atoms with Gasteiger partial charge in [0.15, 0.2) is 0 Å². The molecule has 46 valence electrons. The molecule has 0 aliphatic carbocycles. The van der Waals surface area contributed by atoms with Crippen LogP contribution in [-0.4, -0.2) is 18.6 Å². The van der Waals surface area contributed by atoms with Gasteiger partial charge in [0.05, 0.1) is 6.61 Å². The summed E-state index contributed by atoms with van der Waals surface area (Å²) in [4.78, 5) is 10.5. The van der Waals surface area contributed by atoms with Gasteiger partial charge >= 0.3 is 5.97 Å². The highest BCUT2D eigenvalue weighted by molar-refractivity contribution is 14.1. The second-order valence-corrected chi connectivity index (χ2v) is 2.24. The van der Waals surface area contributed by atoms with E-state index < -0.39 is 0 Å². The van der Waals surface area contributed by atoms with Crippen molar-refractivity contribution < 1.29 is 9.53 Å². The van der Waals surface area contributed by atoms with Crippen molar-refractivity contribution in [3.8, 4) is 0 Å². The molecule has 1 N–H and O–H groups in total. The Kier molecular flexibility index (Phi) is 2.07. The first-order chi connectivity index (χ1) is 3.84. The third kappa shape index (κ3) is 1.11. The van der Waals surface area contributed by atoms with Crippen LogP contribution in [0.4, 0.5) is 0 Å². The first-order valence-electron chi connectivity index (χ1n) is 2.37. The summed E-state index contributed by atoms with van der Waals surface area (Å²) in [6.07, 6.45) is 0.807. The second kappa shape index (κ2) is 2.63. The molecule has 8 heavy (non-hydrogen) atoms. The van der Waals surface area contributed by atoms with Gasteiger partial charge in [0, 0.05) is 29.3 Å². The number of ether oxygens (including phenoxy) is 1. The zero-order valence-electron chi connectivity index (χ0n) is 4.19. The van der Waals surface area contributed by atoms with Gasteiger partial charge in [-0.3, -0.25) is 4.79 Å². The number of nitrogens with one attached hydrogen (secondary N) is 1. The molecule has 1 atom stereocenters. The van der Waals surface area contributed by atoms with E-state index in [2.05, 4.69) is 8.27 Å². The Labute approximate surface area is 61.3 Å². The van der Waals surface area contributed by atoms with E-state index in [0.29, 0.717) is 6.61 Å². The average Bonchev–Trinajstić information content (AvgIpc) is 2.14. The summed E-state index contributed by atoms with van der Waals surface area (Å²) < 4.78 is 7.46. The molecule has 1 rings (SSSR count). The van der Waals surface area contributed by atoms with Crippen LogP contribution in [0.1, 0.15) is 6.42 Å². The Balaban J connectivity index is 2.42. The molecule has 0 aromatic rings. The molecule has 1 saturated heterocycles. The summed E-state index contributed by atoms with van der Waals surface area (Å²) in [5, 5.41) is 0. The molecule has 0 radical (unpaired) electrons. The highest BCUT2D eigenvalue weighted by atomic mass is 127. The maximum Gasteiger partial charge on any atom is 0.323 e. The molecule has 0 aromatic heterocycles. The molecule has 1 fully saturated rings. The summed E-state index contributed by atoms with van der Waals surface area (Å²) in [7, 11) is 0. The molecule has 1 heterocycles. The van der Waals surface area contributed by atoms with Crippen LogP contribution >= 0.6 is 22.9 Å². The number of esters is 1. The van der Waals surface area contributed by atoms with E-state index in [-0.39, 0.29) is 12.0 Å². The van der Waals surface area contributed by atoms with Crippen LogP contribution in [0.2, 0.25) is 0 Å². The zero-order valence-corrected chi connectivity index (χ0v) is 6.34. The number of rotatable bonds is 1. The van der Waals surface area contributed by atoms with Crippen molar-refractivity contribution in [1.29, 1.82) is 0 Å². The Hall–Kier alpha value is 0.160. The lowest BCUT2D eigenvalue weighted by Gasteiger charge is -1.96. The van der Waals surface area contributed by atoms with Crippen molar-refractivity contribution in [2.45, 2.75) is 12.5 Å². The highest BCUT2D eigenvalue weighted by Crippen LogP contribution is 2.05. The van der Waals surface area contributed by atoms with Crippen LogP contribution in [-0.2, 0) is 9.53 Å². The maximum absolute atomic E-state index is 10.5. The Bertz CT molecular complexity index is 106. The molecule has 1 aliphatic rings. The van der Waals surface area contributed by atoms with Crippen LogP contribution in [0.15, 0.2) is 0 Å². The lowest BCUT2D eigenvalue weighted by atomic mass is 10.3. The Morgan fingerprint density at radius 2 is 2.62 bits per heavy atom. The van der Waals surface area contributed by atoms with Gasteiger partial charge in [-0.25, -0.2) is 3.53 Å². The number of hydrogen-bond acceptors (Lipinski definition) is 3. The number of cyclic esters (lactones) is 1. The molecule has 1 aliphatic heterocycles. The lowest BCUT2D eigenvalue weighted by Crippen LogP contribution is -2.24. The molecule has 4 heteroatoms. The van der Waals surface area contributed by atoms with Crippen LogP contribution < -0.4 is 3.53 Å². The van der Waals surface area contributed by atoms with E-state index >= 15 is 0 Å². The molecular formula is C4H6INO2. The van der Waals surface area contributed by atoms with E-state index in [0.717, 1.165) is 6.42 Å². The lowest BCUT2D eigenvalue weighted by molar-refractivity contribution is -0.139. The van der Waals surface area contributed by atoms with E-state index in [9.17, 15) is 4.79 Å². The first kappa shape index (κ1) is 6.28. The van der Waals surface area contributed by atoms with Gasteiger partial charge in [0.1, 0.15) is 6.04 Å². The maximum atomic E-state index is 10.5. The molecule has 0 spiro atoms. The van der Waals surface area contributed by atoms with Gasteiger partial charge in [0.2, 0.25) is 0 Å². The minimum atomic E-state index is -0.126. The average molecular weight is 227 g/mol. The number of carbonyl (C=O) groups excluding carboxylic acids is 1. The van der Waals surface area contributed by atoms with Crippen molar-refractivity contribution in [1.82, 2.24) is 3.53 Å². The smallest absolute Gasteiger partial charge is 0.323 e. The fourth-order valence-corrected chi connectivity index (χ4v) is 1.16. The summed E-state index contributed by atoms with van der Waals surface area (Å²) in [5.41, 5.74) is 0. The minimum absolute atomic E-state index is 0.0596. The zero-order chi connectivity index (χ0) is 5.98. The molecule has 0 amide bonds. The topological polar surface area (TPSA) is 38.3 Å². The largest absolute Gasteiger partial charge is 0.464 e. The molecule has 0 saturated carbocycles. The van der Waals surface area contributed by atoms with E-state index in [1.54, 1.807) is 0 Å². The summed E-state index contributed by atoms with van der Waals surface area (Å²) in [6, 6.07) is -0.0596. The van der Waals surface area contributed by atoms with Crippen LogP contribution in [0.3, 0.4) is 0 Å². The van der Waals surface area contributed by atoms with Gasteiger partial charge in [-0.1, -0.05) is 0 Å². The second-order valence-electron chi connectivity index (χ2n) is 1.62. The van der Waals surface area contributed by atoms with Crippen molar-refractivity contribution in [3.05, 3.63) is 0 Å². The predicted octanol–water partition coefficient (Wildman–Crippen LogP) is 0.241. The SMILES string of the molecule is O=C1OCC[C@@H]1NI. The minimum Gasteiger partial charge on any atom is -0.464 e. The van der Waals surface area contributed by atoms with Crippen molar-refractivity contribution in [2.24, 2.45) is 0 Å². The van der Waals surface area contributed by atoms with Gasteiger partial charge in [-0.15, -0.1) is 0 Å². The third-order valence-electron chi connectivity index (χ3n) is 1.07. The fourth-order valence-electron chi connectivity index (χ4n) is 0.595. The first-order valence-corrected chi connectivity index (χ1v) is 3.45. The molecule has 0 unspecified atom stereocenters. The van der Waals surface area contributed by atoms with E-state index in [1.807, 2.05) is 22.9 Å². The predicted molar refractivity (Wildman–Crippen MR) is 36.5 cm³/mol. The van der Waals surface area contributed by atoms with Gasteiger partial charge in [0.25, 0.3) is 0 Å². The third-order valence-corrected chi connectivity index (χ3v) is 1.82. The molecular weight excluding hydrogens is 221 g/mol.